The number of hydrogen-bond donors (Lipinski definition) is 0. The standard InChI is InChI=1S/C13H16N4O3S/c1-16(2)13(18)17-9-14-12(15-17)21(19)8-10-4-6-11(20-3)7-5-10/h4-7,9H,8H2,1-3H3. The van der Waals surface area contributed by atoms with E-state index in [-0.39, 0.29) is 16.9 Å². The normalized spacial score (nSPS) is 12.0. The van der Waals surface area contributed by atoms with E-state index < -0.39 is 10.8 Å². The number of carbonyl (C=O) groups is 1. The third-order valence-electron chi connectivity index (χ3n) is 2.71. The second-order valence-corrected chi connectivity index (χ2v) is 5.83. The SMILES string of the molecule is COc1ccc(CS(=O)c2ncn(C(=O)N(C)C)n2)cc1. The van der Waals surface area contributed by atoms with Gasteiger partial charge < -0.3 is 9.64 Å². The van der Waals surface area contributed by atoms with E-state index in [0.717, 1.165) is 16.0 Å². The van der Waals surface area contributed by atoms with Crippen molar-refractivity contribution >= 4 is 16.8 Å². The summed E-state index contributed by atoms with van der Waals surface area (Å²) in [6.45, 7) is 0. The monoisotopic (exact) mass is 308 g/mol. The van der Waals surface area contributed by atoms with Crippen LogP contribution < -0.4 is 4.74 Å². The number of ether oxygens (including phenoxy) is 1. The lowest BCUT2D eigenvalue weighted by Crippen LogP contribution is -2.27. The molecule has 0 bridgehead atoms. The molecule has 0 aliphatic carbocycles. The summed E-state index contributed by atoms with van der Waals surface area (Å²) in [6.07, 6.45) is 1.27. The van der Waals surface area contributed by atoms with Crippen LogP contribution in [0.3, 0.4) is 0 Å². The number of amides is 1. The Kier molecular flexibility index (Phi) is 4.69. The van der Waals surface area contributed by atoms with Crippen LogP contribution in [0.15, 0.2) is 35.7 Å². The van der Waals surface area contributed by atoms with Crippen molar-refractivity contribution in [3.05, 3.63) is 36.2 Å². The molecular weight excluding hydrogens is 292 g/mol. The molecular formula is C13H16N4O3S. The molecule has 112 valence electrons. The molecule has 0 aliphatic heterocycles. The molecule has 1 heterocycles. The maximum absolute atomic E-state index is 12.2. The summed E-state index contributed by atoms with van der Waals surface area (Å²) in [4.78, 5) is 17.0. The van der Waals surface area contributed by atoms with Crippen LogP contribution in [-0.2, 0) is 16.6 Å². The van der Waals surface area contributed by atoms with Crippen LogP contribution >= 0.6 is 0 Å². The van der Waals surface area contributed by atoms with Crippen LogP contribution in [0.5, 0.6) is 5.75 Å². The Morgan fingerprint density at radius 2 is 2.00 bits per heavy atom. The molecule has 0 aliphatic rings. The fourth-order valence-corrected chi connectivity index (χ4v) is 2.56. The predicted octanol–water partition coefficient (Wildman–Crippen LogP) is 1.12. The lowest BCUT2D eigenvalue weighted by atomic mass is 10.2. The van der Waals surface area contributed by atoms with Gasteiger partial charge in [-0.3, -0.25) is 4.21 Å². The molecule has 0 saturated carbocycles. The summed E-state index contributed by atoms with van der Waals surface area (Å²) in [5.74, 6) is 1.02. The molecule has 0 N–H and O–H groups in total. The zero-order valence-corrected chi connectivity index (χ0v) is 12.8. The van der Waals surface area contributed by atoms with Gasteiger partial charge in [-0.2, -0.15) is 4.68 Å². The topological polar surface area (TPSA) is 77.3 Å². The maximum Gasteiger partial charge on any atom is 0.345 e. The van der Waals surface area contributed by atoms with Gasteiger partial charge in [-0.15, -0.1) is 5.10 Å². The Bertz CT molecular complexity index is 652. The highest BCUT2D eigenvalue weighted by atomic mass is 32.2. The average molecular weight is 308 g/mol. The number of aromatic nitrogens is 3. The molecule has 1 unspecified atom stereocenters. The van der Waals surface area contributed by atoms with Gasteiger partial charge in [-0.25, -0.2) is 9.78 Å². The van der Waals surface area contributed by atoms with Crippen molar-refractivity contribution < 1.29 is 13.7 Å². The first kappa shape index (κ1) is 15.2. The summed E-state index contributed by atoms with van der Waals surface area (Å²) in [7, 11) is 3.40. The first-order chi connectivity index (χ1) is 10.0. The van der Waals surface area contributed by atoms with E-state index in [0.29, 0.717) is 0 Å². The van der Waals surface area contributed by atoms with E-state index in [4.69, 9.17) is 4.74 Å². The maximum atomic E-state index is 12.2. The van der Waals surface area contributed by atoms with Gasteiger partial charge in [0.15, 0.2) is 0 Å². The Morgan fingerprint density at radius 1 is 1.33 bits per heavy atom. The molecule has 1 amide bonds. The number of carbonyl (C=O) groups excluding carboxylic acids is 1. The Morgan fingerprint density at radius 3 is 2.57 bits per heavy atom. The van der Waals surface area contributed by atoms with Gasteiger partial charge in [-0.05, 0) is 17.7 Å². The summed E-state index contributed by atoms with van der Waals surface area (Å²) in [5.41, 5.74) is 0.879. The molecule has 7 nitrogen and oxygen atoms in total. The molecule has 1 aromatic heterocycles. The van der Waals surface area contributed by atoms with Crippen molar-refractivity contribution in [2.24, 2.45) is 0 Å². The molecule has 0 spiro atoms. The highest BCUT2D eigenvalue weighted by Crippen LogP contribution is 2.14. The van der Waals surface area contributed by atoms with Crippen molar-refractivity contribution in [1.29, 1.82) is 0 Å². The number of hydrogen-bond acceptors (Lipinski definition) is 5. The summed E-state index contributed by atoms with van der Waals surface area (Å²) in [6, 6.07) is 6.93. The average Bonchev–Trinajstić information content (AvgIpc) is 2.97. The molecule has 0 radical (unpaired) electrons. The fourth-order valence-electron chi connectivity index (χ4n) is 1.59. The van der Waals surface area contributed by atoms with Gasteiger partial charge >= 0.3 is 6.03 Å². The van der Waals surface area contributed by atoms with E-state index in [1.165, 1.54) is 11.2 Å². The second-order valence-electron chi connectivity index (χ2n) is 4.49. The van der Waals surface area contributed by atoms with Gasteiger partial charge in [0, 0.05) is 14.1 Å². The molecule has 0 fully saturated rings. The Hall–Kier alpha value is -2.22. The molecule has 0 saturated heterocycles. The molecule has 1 aromatic carbocycles. The second kappa shape index (κ2) is 6.49. The number of nitrogens with zero attached hydrogens (tertiary/aromatic N) is 4. The van der Waals surface area contributed by atoms with Crippen molar-refractivity contribution in [2.75, 3.05) is 21.2 Å². The Balaban J connectivity index is 2.08. The van der Waals surface area contributed by atoms with Crippen LogP contribution in [0.25, 0.3) is 0 Å². The zero-order valence-electron chi connectivity index (χ0n) is 12.0. The van der Waals surface area contributed by atoms with Gasteiger partial charge in [-0.1, -0.05) is 12.1 Å². The summed E-state index contributed by atoms with van der Waals surface area (Å²) < 4.78 is 18.3. The van der Waals surface area contributed by atoms with Gasteiger partial charge in [0.05, 0.1) is 23.7 Å². The van der Waals surface area contributed by atoms with Gasteiger partial charge in [0.25, 0.3) is 0 Å². The lowest BCUT2D eigenvalue weighted by Gasteiger charge is -2.07. The molecule has 8 heteroatoms. The van der Waals surface area contributed by atoms with Crippen LogP contribution in [0.1, 0.15) is 5.56 Å². The molecule has 21 heavy (non-hydrogen) atoms. The van der Waals surface area contributed by atoms with Crippen LogP contribution in [-0.4, -0.2) is 51.1 Å². The minimum atomic E-state index is -1.41. The van der Waals surface area contributed by atoms with E-state index in [9.17, 15) is 9.00 Å². The van der Waals surface area contributed by atoms with E-state index in [1.807, 2.05) is 12.1 Å². The van der Waals surface area contributed by atoms with E-state index in [2.05, 4.69) is 10.1 Å². The third-order valence-corrected chi connectivity index (χ3v) is 3.90. The van der Waals surface area contributed by atoms with Gasteiger partial charge in [0.1, 0.15) is 12.1 Å². The van der Waals surface area contributed by atoms with Crippen LogP contribution in [0, 0.1) is 0 Å². The summed E-state index contributed by atoms with van der Waals surface area (Å²) >= 11 is 0. The fraction of sp³-hybridized carbons (Fsp3) is 0.308. The third kappa shape index (κ3) is 3.66. The van der Waals surface area contributed by atoms with Crippen LogP contribution in [0.4, 0.5) is 4.79 Å². The van der Waals surface area contributed by atoms with Crippen molar-refractivity contribution in [1.82, 2.24) is 19.7 Å². The van der Waals surface area contributed by atoms with Crippen molar-refractivity contribution in [3.63, 3.8) is 0 Å². The number of benzene rings is 1. The first-order valence-electron chi connectivity index (χ1n) is 6.16. The molecule has 1 atom stereocenters. The predicted molar refractivity (Wildman–Crippen MR) is 77.6 cm³/mol. The lowest BCUT2D eigenvalue weighted by molar-refractivity contribution is 0.215. The first-order valence-corrected chi connectivity index (χ1v) is 7.48. The number of methoxy groups -OCH3 is 1. The quantitative estimate of drug-likeness (QED) is 0.846. The smallest absolute Gasteiger partial charge is 0.345 e. The minimum Gasteiger partial charge on any atom is -0.497 e. The largest absolute Gasteiger partial charge is 0.497 e. The highest BCUT2D eigenvalue weighted by Gasteiger charge is 2.14. The van der Waals surface area contributed by atoms with E-state index in [1.54, 1.807) is 33.3 Å². The van der Waals surface area contributed by atoms with Crippen molar-refractivity contribution in [3.8, 4) is 5.75 Å². The van der Waals surface area contributed by atoms with Crippen molar-refractivity contribution in [2.45, 2.75) is 10.9 Å². The van der Waals surface area contributed by atoms with Gasteiger partial charge in [0.2, 0.25) is 5.16 Å². The van der Waals surface area contributed by atoms with Crippen LogP contribution in [0.2, 0.25) is 0 Å². The molecule has 2 aromatic rings. The zero-order chi connectivity index (χ0) is 15.4. The number of rotatable bonds is 4. The summed E-state index contributed by atoms with van der Waals surface area (Å²) in [5, 5.41) is 4.09. The minimum absolute atomic E-state index is 0.140. The highest BCUT2D eigenvalue weighted by molar-refractivity contribution is 7.84. The van der Waals surface area contributed by atoms with E-state index >= 15 is 0 Å². The Labute approximate surface area is 125 Å². The molecule has 2 rings (SSSR count).